The van der Waals surface area contributed by atoms with Crippen molar-refractivity contribution in [3.63, 3.8) is 0 Å². The monoisotopic (exact) mass is 442 g/mol. The predicted molar refractivity (Wildman–Crippen MR) is 124 cm³/mol. The molecule has 8 heteroatoms. The minimum absolute atomic E-state index is 0.306. The van der Waals surface area contributed by atoms with Gasteiger partial charge in [-0.2, -0.15) is 10.2 Å². The third-order valence-corrected chi connectivity index (χ3v) is 6.39. The van der Waals surface area contributed by atoms with E-state index in [-0.39, 0.29) is 0 Å². The van der Waals surface area contributed by atoms with Gasteiger partial charge in [0.1, 0.15) is 11.8 Å². The first kappa shape index (κ1) is 21.2. The van der Waals surface area contributed by atoms with E-state index < -0.39 is 0 Å². The van der Waals surface area contributed by atoms with Crippen LogP contribution in [0.3, 0.4) is 0 Å². The second-order valence-corrected chi connectivity index (χ2v) is 8.37. The summed E-state index contributed by atoms with van der Waals surface area (Å²) >= 11 is 0. The molecule has 4 aromatic rings. The minimum atomic E-state index is 0.306. The fraction of sp³-hybridized carbons (Fsp3) is 0.360. The van der Waals surface area contributed by atoms with Crippen LogP contribution in [0.25, 0.3) is 22.3 Å². The van der Waals surface area contributed by atoms with E-state index in [1.807, 2.05) is 36.5 Å². The number of likely N-dealkylation sites (tertiary alicyclic amines) is 1. The highest BCUT2D eigenvalue weighted by Gasteiger charge is 2.25. The van der Waals surface area contributed by atoms with Crippen molar-refractivity contribution in [2.75, 3.05) is 26.7 Å². The molecule has 1 fully saturated rings. The van der Waals surface area contributed by atoms with Gasteiger partial charge in [-0.3, -0.25) is 4.98 Å². The zero-order valence-electron chi connectivity index (χ0n) is 18.6. The maximum Gasteiger partial charge on any atom is 0.230 e. The van der Waals surface area contributed by atoms with Crippen molar-refractivity contribution in [2.45, 2.75) is 31.7 Å². The lowest BCUT2D eigenvalue weighted by Gasteiger charge is -2.30. The average Bonchev–Trinajstić information content (AvgIpc) is 3.50. The first-order chi connectivity index (χ1) is 16.3. The van der Waals surface area contributed by atoms with Crippen molar-refractivity contribution in [3.8, 4) is 23.2 Å². The van der Waals surface area contributed by atoms with Crippen molar-refractivity contribution in [2.24, 2.45) is 0 Å². The number of hydrogen-bond donors (Lipinski definition) is 0. The van der Waals surface area contributed by atoms with Crippen LogP contribution in [0.5, 0.6) is 5.75 Å². The molecule has 168 valence electrons. The van der Waals surface area contributed by atoms with Gasteiger partial charge in [-0.1, -0.05) is 17.3 Å². The van der Waals surface area contributed by atoms with E-state index in [9.17, 15) is 5.26 Å². The quantitative estimate of drug-likeness (QED) is 0.423. The third kappa shape index (κ3) is 4.32. The van der Waals surface area contributed by atoms with E-state index in [2.05, 4.69) is 30.7 Å². The summed E-state index contributed by atoms with van der Waals surface area (Å²) in [6.07, 6.45) is 8.43. The van der Waals surface area contributed by atoms with Gasteiger partial charge >= 0.3 is 0 Å². The van der Waals surface area contributed by atoms with Gasteiger partial charge in [0, 0.05) is 42.0 Å². The van der Waals surface area contributed by atoms with Gasteiger partial charge in [0.05, 0.1) is 18.2 Å². The SMILES string of the molecule is COc1cccc2c(C#N)cn(CCCN3CCC(c4nc(-c5ccncc5)no4)CC3)c12. The summed E-state index contributed by atoms with van der Waals surface area (Å²) in [6.45, 7) is 3.88. The van der Waals surface area contributed by atoms with Gasteiger partial charge < -0.3 is 18.7 Å². The van der Waals surface area contributed by atoms with Gasteiger partial charge in [-0.15, -0.1) is 0 Å². The second-order valence-electron chi connectivity index (χ2n) is 8.37. The van der Waals surface area contributed by atoms with Crippen LogP contribution >= 0.6 is 0 Å². The molecule has 0 amide bonds. The topological polar surface area (TPSA) is 93.0 Å². The summed E-state index contributed by atoms with van der Waals surface area (Å²) in [5, 5.41) is 14.6. The second kappa shape index (κ2) is 9.43. The molecule has 8 nitrogen and oxygen atoms in total. The van der Waals surface area contributed by atoms with E-state index in [1.165, 1.54) is 0 Å². The number of benzene rings is 1. The van der Waals surface area contributed by atoms with Crippen molar-refractivity contribution >= 4 is 10.9 Å². The lowest BCUT2D eigenvalue weighted by Crippen LogP contribution is -2.34. The summed E-state index contributed by atoms with van der Waals surface area (Å²) in [4.78, 5) is 11.1. The van der Waals surface area contributed by atoms with Crippen molar-refractivity contribution in [3.05, 3.63) is 60.4 Å². The Morgan fingerprint density at radius 1 is 1.15 bits per heavy atom. The Balaban J connectivity index is 1.16. The maximum absolute atomic E-state index is 9.49. The number of nitriles is 1. The Morgan fingerprint density at radius 2 is 1.97 bits per heavy atom. The molecule has 0 aliphatic carbocycles. The zero-order valence-corrected chi connectivity index (χ0v) is 18.6. The first-order valence-electron chi connectivity index (χ1n) is 11.3. The molecule has 3 aromatic heterocycles. The lowest BCUT2D eigenvalue weighted by atomic mass is 9.96. The Bertz CT molecular complexity index is 1270. The van der Waals surface area contributed by atoms with Crippen LogP contribution in [0.2, 0.25) is 0 Å². The van der Waals surface area contributed by atoms with E-state index in [0.29, 0.717) is 17.3 Å². The molecule has 1 saturated heterocycles. The standard InChI is InChI=1S/C25H26N6O2/c1-32-22-5-2-4-21-20(16-26)17-31(23(21)22)13-3-12-30-14-8-19(9-15-30)25-28-24(29-33-25)18-6-10-27-11-7-18/h2,4-7,10-11,17,19H,3,8-9,12-15H2,1H3. The van der Waals surface area contributed by atoms with Crippen LogP contribution < -0.4 is 4.74 Å². The van der Waals surface area contributed by atoms with Gasteiger partial charge in [-0.05, 0) is 57.1 Å². The molecule has 0 atom stereocenters. The number of piperidine rings is 1. The Labute approximate surface area is 192 Å². The molecule has 33 heavy (non-hydrogen) atoms. The largest absolute Gasteiger partial charge is 0.495 e. The van der Waals surface area contributed by atoms with Crippen LogP contribution in [0, 0.1) is 11.3 Å². The van der Waals surface area contributed by atoms with Crippen LogP contribution in [0.15, 0.2) is 53.4 Å². The highest BCUT2D eigenvalue weighted by molar-refractivity contribution is 5.91. The Morgan fingerprint density at radius 3 is 2.73 bits per heavy atom. The Kier molecular flexibility index (Phi) is 6.05. The molecule has 0 N–H and O–H groups in total. The molecule has 0 radical (unpaired) electrons. The normalized spacial score (nSPS) is 15.0. The number of para-hydroxylation sites is 1. The fourth-order valence-electron chi connectivity index (χ4n) is 4.64. The van der Waals surface area contributed by atoms with E-state index >= 15 is 0 Å². The molecule has 1 aliphatic heterocycles. The van der Waals surface area contributed by atoms with Gasteiger partial charge in [0.25, 0.3) is 0 Å². The number of pyridine rings is 1. The molecule has 4 heterocycles. The van der Waals surface area contributed by atoms with Gasteiger partial charge in [0.15, 0.2) is 0 Å². The van der Waals surface area contributed by atoms with Crippen LogP contribution in [-0.2, 0) is 6.54 Å². The summed E-state index contributed by atoms with van der Waals surface area (Å²) in [5.41, 5.74) is 2.61. The molecule has 1 aromatic carbocycles. The molecule has 0 spiro atoms. The number of aromatic nitrogens is 4. The lowest BCUT2D eigenvalue weighted by molar-refractivity contribution is 0.190. The number of fused-ring (bicyclic) bond motifs is 1. The zero-order chi connectivity index (χ0) is 22.6. The number of ether oxygens (including phenoxy) is 1. The molecule has 5 rings (SSSR count). The predicted octanol–water partition coefficient (Wildman–Crippen LogP) is 4.24. The summed E-state index contributed by atoms with van der Waals surface area (Å²) in [5.74, 6) is 2.47. The van der Waals surface area contributed by atoms with Gasteiger partial charge in [-0.25, -0.2) is 0 Å². The molecule has 0 saturated carbocycles. The van der Waals surface area contributed by atoms with Crippen molar-refractivity contribution in [1.82, 2.24) is 24.6 Å². The maximum atomic E-state index is 9.49. The summed E-state index contributed by atoms with van der Waals surface area (Å²) < 4.78 is 13.3. The van der Waals surface area contributed by atoms with Crippen LogP contribution in [-0.4, -0.2) is 51.3 Å². The first-order valence-corrected chi connectivity index (χ1v) is 11.3. The average molecular weight is 443 g/mol. The highest BCUT2D eigenvalue weighted by atomic mass is 16.5. The number of aryl methyl sites for hydroxylation is 1. The minimum Gasteiger partial charge on any atom is -0.495 e. The number of hydrogen-bond acceptors (Lipinski definition) is 7. The van der Waals surface area contributed by atoms with Crippen LogP contribution in [0.4, 0.5) is 0 Å². The smallest absolute Gasteiger partial charge is 0.230 e. The van der Waals surface area contributed by atoms with E-state index in [0.717, 1.165) is 73.5 Å². The molecule has 0 unspecified atom stereocenters. The number of methoxy groups -OCH3 is 1. The summed E-state index contributed by atoms with van der Waals surface area (Å²) in [7, 11) is 1.67. The van der Waals surface area contributed by atoms with Crippen molar-refractivity contribution in [1.29, 1.82) is 5.26 Å². The number of rotatable bonds is 7. The highest BCUT2D eigenvalue weighted by Crippen LogP contribution is 2.31. The third-order valence-electron chi connectivity index (χ3n) is 6.39. The molecule has 1 aliphatic rings. The van der Waals surface area contributed by atoms with E-state index in [1.54, 1.807) is 19.5 Å². The van der Waals surface area contributed by atoms with E-state index in [4.69, 9.17) is 9.26 Å². The summed E-state index contributed by atoms with van der Waals surface area (Å²) in [6, 6.07) is 11.9. The number of nitrogens with zero attached hydrogens (tertiary/aromatic N) is 6. The fourth-order valence-corrected chi connectivity index (χ4v) is 4.64. The molecule has 0 bridgehead atoms. The van der Waals surface area contributed by atoms with Crippen LogP contribution in [0.1, 0.15) is 36.6 Å². The Hall–Kier alpha value is -3.70. The molecular weight excluding hydrogens is 416 g/mol. The molecular formula is C25H26N6O2. The van der Waals surface area contributed by atoms with Gasteiger partial charge in [0.2, 0.25) is 11.7 Å². The van der Waals surface area contributed by atoms with Crippen molar-refractivity contribution < 1.29 is 9.26 Å².